The molecule has 7 heteroatoms. The number of aryl methyl sites for hydroxylation is 1. The first kappa shape index (κ1) is 17.1. The maximum atomic E-state index is 14.4. The number of nitrogens with zero attached hydrogens (tertiary/aromatic N) is 3. The molecule has 0 N–H and O–H groups in total. The Morgan fingerprint density at radius 1 is 1.27 bits per heavy atom. The van der Waals surface area contributed by atoms with Crippen molar-refractivity contribution < 1.29 is 18.0 Å². The first-order valence-electron chi connectivity index (χ1n) is 8.86. The van der Waals surface area contributed by atoms with Gasteiger partial charge in [-0.1, -0.05) is 6.07 Å². The van der Waals surface area contributed by atoms with E-state index >= 15 is 0 Å². The second kappa shape index (κ2) is 6.45. The van der Waals surface area contributed by atoms with Crippen molar-refractivity contribution in [2.75, 3.05) is 0 Å². The minimum Gasteiger partial charge on any atom is -0.331 e. The molecule has 2 saturated carbocycles. The molecule has 0 saturated heterocycles. The summed E-state index contributed by atoms with van der Waals surface area (Å²) < 4.78 is 42.2. The van der Waals surface area contributed by atoms with Crippen molar-refractivity contribution in [3.05, 3.63) is 52.3 Å². The number of rotatable bonds is 6. The van der Waals surface area contributed by atoms with Crippen LogP contribution in [0.3, 0.4) is 0 Å². The molecule has 1 aromatic carbocycles. The van der Waals surface area contributed by atoms with E-state index in [0.29, 0.717) is 5.92 Å². The van der Waals surface area contributed by atoms with Crippen LogP contribution in [-0.2, 0) is 20.3 Å². The number of carbonyl (C=O) groups is 1. The van der Waals surface area contributed by atoms with Crippen LogP contribution in [0.4, 0.5) is 13.2 Å². The lowest BCUT2D eigenvalue weighted by Crippen LogP contribution is -2.34. The van der Waals surface area contributed by atoms with Gasteiger partial charge in [-0.3, -0.25) is 4.79 Å². The smallest absolute Gasteiger partial charge is 0.261 e. The Morgan fingerprint density at radius 2 is 2.00 bits per heavy atom. The van der Waals surface area contributed by atoms with Crippen LogP contribution in [0.25, 0.3) is 0 Å². The van der Waals surface area contributed by atoms with Gasteiger partial charge in [0.05, 0.1) is 0 Å². The van der Waals surface area contributed by atoms with E-state index in [4.69, 9.17) is 0 Å². The number of benzene rings is 1. The highest BCUT2D eigenvalue weighted by Crippen LogP contribution is 2.42. The summed E-state index contributed by atoms with van der Waals surface area (Å²) >= 11 is 0. The topological polar surface area (TPSA) is 38.1 Å². The van der Waals surface area contributed by atoms with Gasteiger partial charge in [0.1, 0.15) is 23.7 Å². The van der Waals surface area contributed by atoms with E-state index in [1.54, 1.807) is 11.0 Å². The Balaban J connectivity index is 1.68. The van der Waals surface area contributed by atoms with E-state index < -0.39 is 18.5 Å². The second-order valence-corrected chi connectivity index (χ2v) is 7.15. The van der Waals surface area contributed by atoms with Gasteiger partial charge < -0.3 is 4.90 Å². The quantitative estimate of drug-likeness (QED) is 0.782. The highest BCUT2D eigenvalue weighted by atomic mass is 19.1. The Bertz CT molecular complexity index is 856. The van der Waals surface area contributed by atoms with E-state index in [0.717, 1.165) is 41.5 Å². The molecule has 26 heavy (non-hydrogen) atoms. The predicted octanol–water partition coefficient (Wildman–Crippen LogP) is 3.85. The lowest BCUT2D eigenvalue weighted by Gasteiger charge is -2.24. The Hall–Kier alpha value is -2.31. The van der Waals surface area contributed by atoms with Gasteiger partial charge in [-0.25, -0.2) is 13.5 Å². The highest BCUT2D eigenvalue weighted by Gasteiger charge is 2.37. The standard InChI is InChI=1S/C19H20F3N3O/c1-24-18(22)17(16(9-20)23-24)19(26)25(14-5-6-14)10-12-8-13(21)4-7-15(12)11-2-3-11/h4,7-8,11,14H,2-3,5-6,9-10H2,1H3. The van der Waals surface area contributed by atoms with Crippen LogP contribution in [0, 0.1) is 11.8 Å². The van der Waals surface area contributed by atoms with Gasteiger partial charge in [0.15, 0.2) is 0 Å². The van der Waals surface area contributed by atoms with E-state index in [1.807, 2.05) is 0 Å². The average Bonchev–Trinajstić information content (AvgIpc) is 3.52. The molecular formula is C19H20F3N3O. The van der Waals surface area contributed by atoms with Crippen molar-refractivity contribution in [1.29, 1.82) is 0 Å². The van der Waals surface area contributed by atoms with Crippen LogP contribution < -0.4 is 0 Å². The summed E-state index contributed by atoms with van der Waals surface area (Å²) in [5.74, 6) is -1.37. The third kappa shape index (κ3) is 3.10. The predicted molar refractivity (Wildman–Crippen MR) is 89.2 cm³/mol. The van der Waals surface area contributed by atoms with Gasteiger partial charge in [0.2, 0.25) is 5.95 Å². The normalized spacial score (nSPS) is 16.8. The maximum Gasteiger partial charge on any atom is 0.261 e. The average molecular weight is 363 g/mol. The van der Waals surface area contributed by atoms with Crippen LogP contribution in [0.1, 0.15) is 58.8 Å². The number of hydrogen-bond acceptors (Lipinski definition) is 2. The monoisotopic (exact) mass is 363 g/mol. The number of hydrogen-bond donors (Lipinski definition) is 0. The summed E-state index contributed by atoms with van der Waals surface area (Å²) in [6, 6.07) is 4.63. The molecule has 0 spiro atoms. The van der Waals surface area contributed by atoms with Crippen molar-refractivity contribution >= 4 is 5.91 Å². The number of halogens is 3. The van der Waals surface area contributed by atoms with Crippen molar-refractivity contribution in [2.24, 2.45) is 7.05 Å². The summed E-state index contributed by atoms with van der Waals surface area (Å²) in [6.07, 6.45) is 3.73. The number of carbonyl (C=O) groups excluding carboxylic acids is 1. The van der Waals surface area contributed by atoms with Gasteiger partial charge >= 0.3 is 0 Å². The van der Waals surface area contributed by atoms with Gasteiger partial charge in [0.25, 0.3) is 5.91 Å². The summed E-state index contributed by atoms with van der Waals surface area (Å²) in [6.45, 7) is -0.808. The van der Waals surface area contributed by atoms with Crippen LogP contribution in [0.15, 0.2) is 18.2 Å². The largest absolute Gasteiger partial charge is 0.331 e. The molecule has 1 heterocycles. The minimum atomic E-state index is -1.01. The molecule has 2 aromatic rings. The fourth-order valence-corrected chi connectivity index (χ4v) is 3.44. The zero-order chi connectivity index (χ0) is 18.4. The van der Waals surface area contributed by atoms with Gasteiger partial charge in [-0.05, 0) is 54.9 Å². The first-order valence-corrected chi connectivity index (χ1v) is 8.86. The molecule has 2 aliphatic rings. The molecule has 1 aromatic heterocycles. The molecule has 0 aliphatic heterocycles. The molecule has 2 fully saturated rings. The Labute approximate surface area is 149 Å². The number of aromatic nitrogens is 2. The lowest BCUT2D eigenvalue weighted by molar-refractivity contribution is 0.0722. The van der Waals surface area contributed by atoms with E-state index in [9.17, 15) is 18.0 Å². The molecule has 0 atom stereocenters. The molecule has 4 rings (SSSR count). The van der Waals surface area contributed by atoms with Crippen molar-refractivity contribution in [1.82, 2.24) is 14.7 Å². The van der Waals surface area contributed by atoms with Crippen LogP contribution in [-0.4, -0.2) is 26.6 Å². The van der Waals surface area contributed by atoms with Gasteiger partial charge in [-0.15, -0.1) is 0 Å². The molecule has 0 unspecified atom stereocenters. The third-order valence-corrected chi connectivity index (χ3v) is 5.10. The molecule has 0 bridgehead atoms. The van der Waals surface area contributed by atoms with E-state index in [1.165, 1.54) is 19.2 Å². The zero-order valence-electron chi connectivity index (χ0n) is 14.5. The SMILES string of the molecule is Cn1nc(CF)c(C(=O)N(Cc2cc(F)ccc2C2CC2)C2CC2)c1F. The summed E-state index contributed by atoms with van der Waals surface area (Å²) in [4.78, 5) is 14.5. The minimum absolute atomic E-state index is 0.0233. The molecule has 1 amide bonds. The molecule has 2 aliphatic carbocycles. The van der Waals surface area contributed by atoms with Crippen molar-refractivity contribution in [3.63, 3.8) is 0 Å². The van der Waals surface area contributed by atoms with E-state index in [2.05, 4.69) is 5.10 Å². The van der Waals surface area contributed by atoms with Crippen LogP contribution in [0.5, 0.6) is 0 Å². The molecule has 138 valence electrons. The third-order valence-electron chi connectivity index (χ3n) is 5.10. The summed E-state index contributed by atoms with van der Waals surface area (Å²) in [5.41, 5.74) is 1.29. The van der Waals surface area contributed by atoms with Gasteiger partial charge in [0, 0.05) is 19.6 Å². The maximum absolute atomic E-state index is 14.4. The van der Waals surface area contributed by atoms with Crippen molar-refractivity contribution in [3.8, 4) is 0 Å². The fraction of sp³-hybridized carbons (Fsp3) is 0.474. The van der Waals surface area contributed by atoms with Gasteiger partial charge in [-0.2, -0.15) is 9.49 Å². The Kier molecular flexibility index (Phi) is 4.25. The lowest BCUT2D eigenvalue weighted by atomic mass is 10.0. The number of alkyl halides is 1. The second-order valence-electron chi connectivity index (χ2n) is 7.15. The zero-order valence-corrected chi connectivity index (χ0v) is 14.5. The van der Waals surface area contributed by atoms with Crippen LogP contribution >= 0.6 is 0 Å². The summed E-state index contributed by atoms with van der Waals surface area (Å²) in [7, 11) is 1.34. The fourth-order valence-electron chi connectivity index (χ4n) is 3.44. The summed E-state index contributed by atoms with van der Waals surface area (Å²) in [5, 5.41) is 3.75. The van der Waals surface area contributed by atoms with Crippen molar-refractivity contribution in [2.45, 2.75) is 50.9 Å². The molecular weight excluding hydrogens is 343 g/mol. The Morgan fingerprint density at radius 3 is 2.62 bits per heavy atom. The molecule has 0 radical (unpaired) electrons. The highest BCUT2D eigenvalue weighted by molar-refractivity contribution is 5.95. The number of amides is 1. The first-order chi connectivity index (χ1) is 12.5. The molecule has 4 nitrogen and oxygen atoms in total. The van der Waals surface area contributed by atoms with E-state index in [-0.39, 0.29) is 29.7 Å². The van der Waals surface area contributed by atoms with Crippen LogP contribution in [0.2, 0.25) is 0 Å².